The molecule has 0 saturated carbocycles. The Labute approximate surface area is 164 Å². The van der Waals surface area contributed by atoms with Gasteiger partial charge in [0.05, 0.1) is 38.2 Å². The maximum absolute atomic E-state index is 12.5. The monoisotopic (exact) mass is 469 g/mol. The van der Waals surface area contributed by atoms with Gasteiger partial charge >= 0.3 is 17.9 Å². The van der Waals surface area contributed by atoms with Crippen LogP contribution in [0.2, 0.25) is 0 Å². The van der Waals surface area contributed by atoms with Crippen molar-refractivity contribution in [1.29, 1.82) is 0 Å². The molecule has 2 rings (SSSR count). The van der Waals surface area contributed by atoms with Crippen molar-refractivity contribution >= 4 is 46.2 Å². The van der Waals surface area contributed by atoms with Gasteiger partial charge in [-0.3, -0.25) is 0 Å². The Morgan fingerprint density at radius 3 is 2.19 bits per heavy atom. The van der Waals surface area contributed by atoms with E-state index in [-0.39, 0.29) is 16.8 Å². The molecule has 1 aromatic carbocycles. The highest BCUT2D eigenvalue weighted by atomic mass is 127. The van der Waals surface area contributed by atoms with E-state index in [1.165, 1.54) is 32.3 Å². The lowest BCUT2D eigenvalue weighted by molar-refractivity contribution is -0.139. The zero-order chi connectivity index (χ0) is 19.3. The molecule has 26 heavy (non-hydrogen) atoms. The van der Waals surface area contributed by atoms with Gasteiger partial charge in [0.25, 0.3) is 0 Å². The van der Waals surface area contributed by atoms with Gasteiger partial charge in [-0.2, -0.15) is 0 Å². The smallest absolute Gasteiger partial charge is 0.355 e. The van der Waals surface area contributed by atoms with E-state index in [0.717, 1.165) is 0 Å². The van der Waals surface area contributed by atoms with Crippen molar-refractivity contribution in [3.63, 3.8) is 0 Å². The predicted octanol–water partition coefficient (Wildman–Crippen LogP) is 2.57. The van der Waals surface area contributed by atoms with E-state index in [9.17, 15) is 14.4 Å². The van der Waals surface area contributed by atoms with Gasteiger partial charge < -0.3 is 19.1 Å². The SMILES string of the molecule is COC(=O)C1=C(C(=O)OC)N(c2c(I)cccc2C(=O)OC)C=CC=C1. The Kier molecular flexibility index (Phi) is 6.56. The van der Waals surface area contributed by atoms with E-state index < -0.39 is 17.9 Å². The molecule has 0 atom stereocenters. The number of ether oxygens (including phenoxy) is 3. The number of anilines is 1. The fourth-order valence-corrected chi connectivity index (χ4v) is 3.13. The number of halogens is 1. The summed E-state index contributed by atoms with van der Waals surface area (Å²) >= 11 is 2.04. The molecule has 1 heterocycles. The summed E-state index contributed by atoms with van der Waals surface area (Å²) in [5, 5.41) is 0. The zero-order valence-electron chi connectivity index (χ0n) is 14.3. The summed E-state index contributed by atoms with van der Waals surface area (Å²) in [6.45, 7) is 0. The van der Waals surface area contributed by atoms with Crippen molar-refractivity contribution in [3.05, 3.63) is 63.0 Å². The summed E-state index contributed by atoms with van der Waals surface area (Å²) < 4.78 is 15.1. The Morgan fingerprint density at radius 1 is 0.923 bits per heavy atom. The van der Waals surface area contributed by atoms with Gasteiger partial charge in [0.15, 0.2) is 0 Å². The Hall–Kier alpha value is -2.62. The largest absolute Gasteiger partial charge is 0.465 e. The van der Waals surface area contributed by atoms with Crippen LogP contribution in [0, 0.1) is 3.57 Å². The molecule has 1 aliphatic rings. The average Bonchev–Trinajstić information content (AvgIpc) is 2.88. The molecule has 0 radical (unpaired) electrons. The fraction of sp³-hybridized carbons (Fsp3) is 0.167. The van der Waals surface area contributed by atoms with Crippen LogP contribution >= 0.6 is 22.6 Å². The second kappa shape index (κ2) is 8.65. The Morgan fingerprint density at radius 2 is 1.58 bits per heavy atom. The van der Waals surface area contributed by atoms with E-state index in [0.29, 0.717) is 9.26 Å². The van der Waals surface area contributed by atoms with E-state index in [1.807, 2.05) is 22.6 Å². The first kappa shape index (κ1) is 19.7. The molecule has 1 aliphatic heterocycles. The van der Waals surface area contributed by atoms with Crippen LogP contribution in [-0.2, 0) is 23.8 Å². The molecule has 8 heteroatoms. The summed E-state index contributed by atoms with van der Waals surface area (Å²) in [6.07, 6.45) is 6.22. The maximum atomic E-state index is 12.5. The molecule has 0 unspecified atom stereocenters. The highest BCUT2D eigenvalue weighted by Crippen LogP contribution is 2.33. The molecule has 136 valence electrons. The van der Waals surface area contributed by atoms with Crippen LogP contribution in [-0.4, -0.2) is 39.2 Å². The minimum absolute atomic E-state index is 0.000168. The molecule has 0 saturated heterocycles. The third-order valence-corrected chi connectivity index (χ3v) is 4.39. The summed E-state index contributed by atoms with van der Waals surface area (Å²) in [4.78, 5) is 38.3. The van der Waals surface area contributed by atoms with E-state index in [1.54, 1.807) is 36.6 Å². The molecule has 1 aromatic rings. The van der Waals surface area contributed by atoms with Crippen LogP contribution in [0.3, 0.4) is 0 Å². The second-order valence-corrected chi connectivity index (χ2v) is 6.11. The van der Waals surface area contributed by atoms with Crippen LogP contribution in [0.5, 0.6) is 0 Å². The van der Waals surface area contributed by atoms with Crippen LogP contribution in [0.1, 0.15) is 10.4 Å². The standard InChI is InChI=1S/C18H16INO6/c1-24-16(21)11-8-6-9-13(19)14(11)20-10-5-4-7-12(17(22)25-2)15(20)18(23)26-3/h4-10H,1-3H3. The summed E-state index contributed by atoms with van der Waals surface area (Å²) in [7, 11) is 3.69. The average molecular weight is 469 g/mol. The van der Waals surface area contributed by atoms with Gasteiger partial charge in [-0.1, -0.05) is 12.1 Å². The van der Waals surface area contributed by atoms with Gasteiger partial charge in [-0.25, -0.2) is 14.4 Å². The number of methoxy groups -OCH3 is 3. The molecule has 0 aliphatic carbocycles. The van der Waals surface area contributed by atoms with E-state index in [2.05, 4.69) is 0 Å². The van der Waals surface area contributed by atoms with E-state index >= 15 is 0 Å². The topological polar surface area (TPSA) is 82.1 Å². The first-order valence-corrected chi connectivity index (χ1v) is 8.46. The van der Waals surface area contributed by atoms with Gasteiger partial charge in [0, 0.05) is 9.77 Å². The van der Waals surface area contributed by atoms with Crippen molar-refractivity contribution in [1.82, 2.24) is 0 Å². The first-order chi connectivity index (χ1) is 12.5. The van der Waals surface area contributed by atoms with Gasteiger partial charge in [-0.05, 0) is 46.9 Å². The Bertz CT molecular complexity index is 840. The van der Waals surface area contributed by atoms with Crippen LogP contribution in [0.25, 0.3) is 0 Å². The highest BCUT2D eigenvalue weighted by molar-refractivity contribution is 14.1. The first-order valence-electron chi connectivity index (χ1n) is 7.38. The highest BCUT2D eigenvalue weighted by Gasteiger charge is 2.30. The van der Waals surface area contributed by atoms with Crippen molar-refractivity contribution in [2.45, 2.75) is 0 Å². The van der Waals surface area contributed by atoms with Crippen molar-refractivity contribution in [2.75, 3.05) is 26.2 Å². The zero-order valence-corrected chi connectivity index (χ0v) is 16.5. The minimum atomic E-state index is -0.753. The number of hydrogen-bond donors (Lipinski definition) is 0. The second-order valence-electron chi connectivity index (χ2n) is 4.94. The lowest BCUT2D eigenvalue weighted by atomic mass is 10.1. The van der Waals surface area contributed by atoms with Crippen molar-refractivity contribution < 1.29 is 28.6 Å². The number of allylic oxidation sites excluding steroid dienone is 2. The lowest BCUT2D eigenvalue weighted by Crippen LogP contribution is -2.29. The number of hydrogen-bond acceptors (Lipinski definition) is 7. The lowest BCUT2D eigenvalue weighted by Gasteiger charge is -2.25. The molecule has 0 bridgehead atoms. The maximum Gasteiger partial charge on any atom is 0.355 e. The molecule has 0 amide bonds. The number of carbonyl (C=O) groups is 3. The van der Waals surface area contributed by atoms with Gasteiger partial charge in [-0.15, -0.1) is 0 Å². The quantitative estimate of drug-likeness (QED) is 0.381. The van der Waals surface area contributed by atoms with Crippen LogP contribution in [0.4, 0.5) is 5.69 Å². The van der Waals surface area contributed by atoms with E-state index in [4.69, 9.17) is 14.2 Å². The Balaban J connectivity index is 2.80. The normalized spacial score (nSPS) is 13.3. The van der Waals surface area contributed by atoms with Gasteiger partial charge in [0.1, 0.15) is 5.70 Å². The van der Waals surface area contributed by atoms with Gasteiger partial charge in [0.2, 0.25) is 0 Å². The molecular formula is C18H16INO6. The molecule has 0 aromatic heterocycles. The molecule has 0 spiro atoms. The van der Waals surface area contributed by atoms with Crippen molar-refractivity contribution in [2.24, 2.45) is 0 Å². The third-order valence-electron chi connectivity index (χ3n) is 3.52. The molecule has 0 N–H and O–H groups in total. The predicted molar refractivity (Wildman–Crippen MR) is 102 cm³/mol. The number of esters is 3. The summed E-state index contributed by atoms with van der Waals surface area (Å²) in [5.74, 6) is -2.04. The number of benzene rings is 1. The van der Waals surface area contributed by atoms with Crippen molar-refractivity contribution in [3.8, 4) is 0 Å². The minimum Gasteiger partial charge on any atom is -0.465 e. The number of para-hydroxylation sites is 1. The number of nitrogens with zero attached hydrogens (tertiary/aromatic N) is 1. The molecule has 0 fully saturated rings. The van der Waals surface area contributed by atoms with Crippen LogP contribution in [0.15, 0.2) is 53.9 Å². The number of rotatable bonds is 4. The third kappa shape index (κ3) is 3.79. The van der Waals surface area contributed by atoms with Crippen LogP contribution < -0.4 is 4.90 Å². The summed E-state index contributed by atoms with van der Waals surface area (Å²) in [6, 6.07) is 5.03. The molecular weight excluding hydrogens is 453 g/mol. The summed E-state index contributed by atoms with van der Waals surface area (Å²) in [5.41, 5.74) is 0.553. The fourth-order valence-electron chi connectivity index (χ4n) is 2.37. The number of carbonyl (C=O) groups excluding carboxylic acids is 3. The molecule has 7 nitrogen and oxygen atoms in total.